The lowest BCUT2D eigenvalue weighted by Gasteiger charge is -2.37. The first-order valence-corrected chi connectivity index (χ1v) is 8.94. The van der Waals surface area contributed by atoms with Crippen LogP contribution in [-0.2, 0) is 9.47 Å². The number of rotatable bonds is 10. The van der Waals surface area contributed by atoms with E-state index in [1.807, 2.05) is 0 Å². The third-order valence-electron chi connectivity index (χ3n) is 4.52. The van der Waals surface area contributed by atoms with Gasteiger partial charge < -0.3 is 14.8 Å². The highest BCUT2D eigenvalue weighted by molar-refractivity contribution is 4.81. The van der Waals surface area contributed by atoms with E-state index in [1.54, 1.807) is 0 Å². The molecule has 1 aliphatic carbocycles. The average molecular weight is 299 g/mol. The molecule has 1 rings (SSSR count). The van der Waals surface area contributed by atoms with E-state index in [2.05, 4.69) is 39.9 Å². The van der Waals surface area contributed by atoms with Gasteiger partial charge in [-0.05, 0) is 57.4 Å². The molecular weight excluding hydrogens is 262 g/mol. The smallest absolute Gasteiger partial charge is 0.0608 e. The van der Waals surface area contributed by atoms with Crippen molar-refractivity contribution in [1.29, 1.82) is 0 Å². The summed E-state index contributed by atoms with van der Waals surface area (Å²) in [5.41, 5.74) is 0. The highest BCUT2D eigenvalue weighted by Gasteiger charge is 2.31. The van der Waals surface area contributed by atoms with E-state index in [1.165, 1.54) is 19.3 Å². The van der Waals surface area contributed by atoms with Crippen molar-refractivity contribution in [2.75, 3.05) is 26.3 Å². The van der Waals surface area contributed by atoms with Crippen molar-refractivity contribution in [2.24, 2.45) is 17.8 Å². The Kier molecular flexibility index (Phi) is 9.54. The summed E-state index contributed by atoms with van der Waals surface area (Å²) in [6.45, 7) is 14.9. The Morgan fingerprint density at radius 1 is 1.05 bits per heavy atom. The van der Waals surface area contributed by atoms with Crippen molar-refractivity contribution in [2.45, 2.75) is 72.5 Å². The van der Waals surface area contributed by atoms with Gasteiger partial charge >= 0.3 is 0 Å². The fraction of sp³-hybridized carbons (Fsp3) is 1.00. The van der Waals surface area contributed by atoms with E-state index in [4.69, 9.17) is 9.47 Å². The molecule has 3 unspecified atom stereocenters. The number of ether oxygens (including phenoxy) is 2. The van der Waals surface area contributed by atoms with E-state index in [0.717, 1.165) is 50.5 Å². The van der Waals surface area contributed by atoms with Gasteiger partial charge in [-0.25, -0.2) is 0 Å². The normalized spacial score (nSPS) is 26.7. The van der Waals surface area contributed by atoms with Gasteiger partial charge in [-0.15, -0.1) is 0 Å². The van der Waals surface area contributed by atoms with Crippen molar-refractivity contribution >= 4 is 0 Å². The van der Waals surface area contributed by atoms with Crippen LogP contribution in [0.3, 0.4) is 0 Å². The van der Waals surface area contributed by atoms with Gasteiger partial charge in [0.2, 0.25) is 0 Å². The maximum absolute atomic E-state index is 6.18. The molecule has 0 radical (unpaired) electrons. The second kappa shape index (κ2) is 10.6. The monoisotopic (exact) mass is 299 g/mol. The van der Waals surface area contributed by atoms with Crippen LogP contribution < -0.4 is 5.32 Å². The van der Waals surface area contributed by atoms with Gasteiger partial charge in [-0.1, -0.05) is 27.2 Å². The predicted octanol–water partition coefficient (Wildman–Crippen LogP) is 3.87. The summed E-state index contributed by atoms with van der Waals surface area (Å²) in [4.78, 5) is 0. The summed E-state index contributed by atoms with van der Waals surface area (Å²) in [7, 11) is 0. The summed E-state index contributed by atoms with van der Waals surface area (Å²) in [6.07, 6.45) is 5.84. The Balaban J connectivity index is 2.07. The van der Waals surface area contributed by atoms with Gasteiger partial charge in [0.15, 0.2) is 0 Å². The maximum Gasteiger partial charge on any atom is 0.0608 e. The zero-order valence-corrected chi connectivity index (χ0v) is 14.9. The lowest BCUT2D eigenvalue weighted by atomic mass is 9.75. The zero-order chi connectivity index (χ0) is 15.7. The van der Waals surface area contributed by atoms with Crippen LogP contribution >= 0.6 is 0 Å². The topological polar surface area (TPSA) is 30.5 Å². The maximum atomic E-state index is 6.18. The lowest BCUT2D eigenvalue weighted by Crippen LogP contribution is -2.36. The Hall–Kier alpha value is -0.120. The van der Waals surface area contributed by atoms with Crippen LogP contribution in [0.25, 0.3) is 0 Å². The van der Waals surface area contributed by atoms with Crippen LogP contribution in [0.5, 0.6) is 0 Å². The number of hydrogen-bond donors (Lipinski definition) is 1. The minimum absolute atomic E-state index is 0.342. The first-order chi connectivity index (χ1) is 10.0. The van der Waals surface area contributed by atoms with E-state index in [-0.39, 0.29) is 0 Å². The third kappa shape index (κ3) is 8.18. The molecule has 0 aromatic carbocycles. The molecule has 0 heterocycles. The Morgan fingerprint density at radius 2 is 1.81 bits per heavy atom. The Morgan fingerprint density at radius 3 is 2.48 bits per heavy atom. The zero-order valence-electron chi connectivity index (χ0n) is 14.9. The summed E-state index contributed by atoms with van der Waals surface area (Å²) < 4.78 is 11.7. The van der Waals surface area contributed by atoms with Gasteiger partial charge in [0.1, 0.15) is 0 Å². The molecule has 126 valence electrons. The molecule has 0 bridgehead atoms. The standard InChI is InChI=1S/C18H37NO2/c1-14(2)17-8-7-16(5)13-18(17)21-12-10-19-9-6-11-20-15(3)4/h14-19H,6-13H2,1-5H3. The van der Waals surface area contributed by atoms with Crippen molar-refractivity contribution in [3.63, 3.8) is 0 Å². The Bertz CT molecular complexity index is 256. The van der Waals surface area contributed by atoms with E-state index in [9.17, 15) is 0 Å². The fourth-order valence-corrected chi connectivity index (χ4v) is 3.23. The number of nitrogens with one attached hydrogen (secondary N) is 1. The molecule has 0 spiro atoms. The quantitative estimate of drug-likeness (QED) is 0.621. The SMILES string of the molecule is CC1CCC(C(C)C)C(OCCNCCCOC(C)C)C1. The molecule has 1 aliphatic rings. The molecule has 0 amide bonds. The van der Waals surface area contributed by atoms with Crippen LogP contribution in [0.15, 0.2) is 0 Å². The largest absolute Gasteiger partial charge is 0.379 e. The van der Waals surface area contributed by atoms with Crippen LogP contribution in [0.2, 0.25) is 0 Å². The average Bonchev–Trinajstić information content (AvgIpc) is 2.41. The fourth-order valence-electron chi connectivity index (χ4n) is 3.23. The predicted molar refractivity (Wildman–Crippen MR) is 89.7 cm³/mol. The molecule has 0 aliphatic heterocycles. The second-order valence-corrected chi connectivity index (χ2v) is 7.26. The summed E-state index contributed by atoms with van der Waals surface area (Å²) in [5, 5.41) is 3.45. The van der Waals surface area contributed by atoms with Crippen LogP contribution in [0.1, 0.15) is 60.3 Å². The third-order valence-corrected chi connectivity index (χ3v) is 4.52. The molecule has 1 N–H and O–H groups in total. The summed E-state index contributed by atoms with van der Waals surface area (Å²) >= 11 is 0. The van der Waals surface area contributed by atoms with Gasteiger partial charge in [0.05, 0.1) is 18.8 Å². The molecule has 1 fully saturated rings. The van der Waals surface area contributed by atoms with Crippen LogP contribution in [0, 0.1) is 17.8 Å². The van der Waals surface area contributed by atoms with Crippen molar-refractivity contribution in [1.82, 2.24) is 5.32 Å². The molecule has 21 heavy (non-hydrogen) atoms. The molecule has 0 saturated heterocycles. The van der Waals surface area contributed by atoms with E-state index < -0.39 is 0 Å². The van der Waals surface area contributed by atoms with Gasteiger partial charge in [0, 0.05) is 13.2 Å². The van der Waals surface area contributed by atoms with Crippen molar-refractivity contribution in [3.8, 4) is 0 Å². The van der Waals surface area contributed by atoms with Crippen LogP contribution in [-0.4, -0.2) is 38.5 Å². The highest BCUT2D eigenvalue weighted by atomic mass is 16.5. The second-order valence-electron chi connectivity index (χ2n) is 7.26. The van der Waals surface area contributed by atoms with Crippen molar-refractivity contribution in [3.05, 3.63) is 0 Å². The first-order valence-electron chi connectivity index (χ1n) is 8.94. The molecule has 3 atom stereocenters. The lowest BCUT2D eigenvalue weighted by molar-refractivity contribution is -0.0367. The molecular formula is C18H37NO2. The minimum atomic E-state index is 0.342. The van der Waals surface area contributed by atoms with Gasteiger partial charge in [-0.2, -0.15) is 0 Å². The van der Waals surface area contributed by atoms with E-state index in [0.29, 0.717) is 12.2 Å². The summed E-state index contributed by atoms with van der Waals surface area (Å²) in [5.74, 6) is 2.32. The molecule has 3 nitrogen and oxygen atoms in total. The first kappa shape index (κ1) is 18.9. The molecule has 0 aromatic rings. The van der Waals surface area contributed by atoms with E-state index >= 15 is 0 Å². The van der Waals surface area contributed by atoms with Gasteiger partial charge in [-0.3, -0.25) is 0 Å². The highest BCUT2D eigenvalue weighted by Crippen LogP contribution is 2.35. The molecule has 3 heteroatoms. The van der Waals surface area contributed by atoms with Crippen molar-refractivity contribution < 1.29 is 9.47 Å². The molecule has 1 saturated carbocycles. The Labute approximate surface area is 132 Å². The van der Waals surface area contributed by atoms with Crippen LogP contribution in [0.4, 0.5) is 0 Å². The minimum Gasteiger partial charge on any atom is -0.379 e. The summed E-state index contributed by atoms with van der Waals surface area (Å²) in [6, 6.07) is 0. The number of hydrogen-bond acceptors (Lipinski definition) is 3. The van der Waals surface area contributed by atoms with Gasteiger partial charge in [0.25, 0.3) is 0 Å². The molecule has 0 aromatic heterocycles.